The Morgan fingerprint density at radius 2 is 2.22 bits per heavy atom. The summed E-state index contributed by atoms with van der Waals surface area (Å²) < 4.78 is 13.5. The molecular formula is C16H23ClFN3O2. The molecule has 1 fully saturated rings. The van der Waals surface area contributed by atoms with Crippen molar-refractivity contribution < 1.29 is 14.3 Å². The molecule has 128 valence electrons. The van der Waals surface area contributed by atoms with Crippen LogP contribution >= 0.6 is 11.6 Å². The largest absolute Gasteiger partial charge is 0.394 e. The van der Waals surface area contributed by atoms with E-state index in [1.165, 1.54) is 12.1 Å². The zero-order valence-electron chi connectivity index (χ0n) is 13.4. The molecule has 3 unspecified atom stereocenters. The predicted molar refractivity (Wildman–Crippen MR) is 88.0 cm³/mol. The number of carbonyl (C=O) groups is 1. The van der Waals surface area contributed by atoms with Crippen LogP contribution in [0.15, 0.2) is 18.2 Å². The number of hydrogen-bond donors (Lipinski definition) is 3. The van der Waals surface area contributed by atoms with Gasteiger partial charge in [-0.1, -0.05) is 17.7 Å². The van der Waals surface area contributed by atoms with Gasteiger partial charge in [-0.2, -0.15) is 0 Å². The molecular weight excluding hydrogens is 321 g/mol. The van der Waals surface area contributed by atoms with Gasteiger partial charge in [0.05, 0.1) is 17.7 Å². The molecule has 0 saturated heterocycles. The SMILES string of the molecule is CN(C)C1CCC(NC(=O)NC(CO)c2ccc(Cl)c(F)c2)C1. The first-order valence-corrected chi connectivity index (χ1v) is 8.07. The highest BCUT2D eigenvalue weighted by molar-refractivity contribution is 6.30. The Balaban J connectivity index is 1.91. The summed E-state index contributed by atoms with van der Waals surface area (Å²) in [4.78, 5) is 14.3. The molecule has 1 aromatic rings. The van der Waals surface area contributed by atoms with Gasteiger partial charge in [-0.25, -0.2) is 9.18 Å². The van der Waals surface area contributed by atoms with Gasteiger partial charge in [-0.05, 0) is 51.1 Å². The standard InChI is InChI=1S/C16H23ClFN3O2/c1-21(2)12-5-4-11(8-12)19-16(23)20-15(9-22)10-3-6-13(17)14(18)7-10/h3,6-7,11-12,15,22H,4-5,8-9H2,1-2H3,(H2,19,20,23). The minimum absolute atomic E-state index is 0.00979. The van der Waals surface area contributed by atoms with Crippen LogP contribution in [-0.4, -0.2) is 48.8 Å². The van der Waals surface area contributed by atoms with Gasteiger partial charge in [0.2, 0.25) is 0 Å². The number of rotatable bonds is 5. The Morgan fingerprint density at radius 1 is 1.48 bits per heavy atom. The third kappa shape index (κ3) is 4.80. The Kier molecular flexibility index (Phi) is 6.21. The molecule has 23 heavy (non-hydrogen) atoms. The Morgan fingerprint density at radius 3 is 2.78 bits per heavy atom. The number of aliphatic hydroxyl groups is 1. The maximum atomic E-state index is 13.5. The van der Waals surface area contributed by atoms with Crippen LogP contribution in [0.5, 0.6) is 0 Å². The lowest BCUT2D eigenvalue weighted by molar-refractivity contribution is 0.213. The molecule has 5 nitrogen and oxygen atoms in total. The van der Waals surface area contributed by atoms with Gasteiger partial charge < -0.3 is 20.6 Å². The van der Waals surface area contributed by atoms with E-state index in [-0.39, 0.29) is 23.7 Å². The Hall–Kier alpha value is -1.37. The topological polar surface area (TPSA) is 64.6 Å². The van der Waals surface area contributed by atoms with Crippen molar-refractivity contribution >= 4 is 17.6 Å². The first kappa shape index (κ1) is 18.0. The maximum absolute atomic E-state index is 13.5. The summed E-state index contributed by atoms with van der Waals surface area (Å²) >= 11 is 5.65. The summed E-state index contributed by atoms with van der Waals surface area (Å²) in [5.74, 6) is -0.575. The van der Waals surface area contributed by atoms with Crippen molar-refractivity contribution in [2.24, 2.45) is 0 Å². The Bertz CT molecular complexity index is 556. The number of nitrogens with zero attached hydrogens (tertiary/aromatic N) is 1. The summed E-state index contributed by atoms with van der Waals surface area (Å²) in [7, 11) is 4.06. The number of amides is 2. The fourth-order valence-corrected chi connectivity index (χ4v) is 3.02. The summed E-state index contributed by atoms with van der Waals surface area (Å²) in [5, 5.41) is 15.1. The molecule has 2 rings (SSSR count). The van der Waals surface area contributed by atoms with Crippen molar-refractivity contribution in [2.75, 3.05) is 20.7 Å². The zero-order valence-corrected chi connectivity index (χ0v) is 14.1. The minimum Gasteiger partial charge on any atom is -0.394 e. The number of aliphatic hydroxyl groups excluding tert-OH is 1. The van der Waals surface area contributed by atoms with Crippen LogP contribution in [0.25, 0.3) is 0 Å². The van der Waals surface area contributed by atoms with Crippen LogP contribution in [0.1, 0.15) is 30.9 Å². The molecule has 0 aliphatic heterocycles. The van der Waals surface area contributed by atoms with E-state index >= 15 is 0 Å². The molecule has 1 aromatic carbocycles. The molecule has 0 aromatic heterocycles. The van der Waals surface area contributed by atoms with Gasteiger partial charge in [-0.15, -0.1) is 0 Å². The lowest BCUT2D eigenvalue weighted by atomic mass is 10.1. The highest BCUT2D eigenvalue weighted by Crippen LogP contribution is 2.23. The smallest absolute Gasteiger partial charge is 0.315 e. The first-order chi connectivity index (χ1) is 10.9. The summed E-state index contributed by atoms with van der Waals surface area (Å²) in [6, 6.07) is 3.78. The van der Waals surface area contributed by atoms with Gasteiger partial charge in [0.25, 0.3) is 0 Å². The number of nitrogens with one attached hydrogen (secondary N) is 2. The van der Waals surface area contributed by atoms with E-state index in [0.29, 0.717) is 11.6 Å². The van der Waals surface area contributed by atoms with Gasteiger partial charge in [0, 0.05) is 12.1 Å². The van der Waals surface area contributed by atoms with Gasteiger partial charge in [-0.3, -0.25) is 0 Å². The second-order valence-electron chi connectivity index (χ2n) is 6.15. The van der Waals surface area contributed by atoms with Crippen LogP contribution in [0, 0.1) is 5.82 Å². The van der Waals surface area contributed by atoms with Crippen LogP contribution in [0.4, 0.5) is 9.18 Å². The van der Waals surface area contributed by atoms with E-state index in [1.54, 1.807) is 6.07 Å². The molecule has 7 heteroatoms. The zero-order chi connectivity index (χ0) is 17.0. The highest BCUT2D eigenvalue weighted by atomic mass is 35.5. The molecule has 1 saturated carbocycles. The lowest BCUT2D eigenvalue weighted by Gasteiger charge is -2.21. The van der Waals surface area contributed by atoms with E-state index in [9.17, 15) is 14.3 Å². The van der Waals surface area contributed by atoms with E-state index in [0.717, 1.165) is 19.3 Å². The third-order valence-electron chi connectivity index (χ3n) is 4.30. The predicted octanol–water partition coefficient (Wildman–Crippen LogP) is 2.29. The van der Waals surface area contributed by atoms with Crippen molar-refractivity contribution in [3.05, 3.63) is 34.6 Å². The van der Waals surface area contributed by atoms with Gasteiger partial charge in [0.15, 0.2) is 0 Å². The summed E-state index contributed by atoms with van der Waals surface area (Å²) in [5.41, 5.74) is 0.474. The Labute approximate surface area is 140 Å². The van der Waals surface area contributed by atoms with E-state index in [1.807, 2.05) is 14.1 Å². The van der Waals surface area contributed by atoms with Crippen molar-refractivity contribution in [2.45, 2.75) is 37.4 Å². The molecule has 1 aliphatic rings. The van der Waals surface area contributed by atoms with Crippen molar-refractivity contribution in [1.29, 1.82) is 0 Å². The molecule has 0 spiro atoms. The quantitative estimate of drug-likeness (QED) is 0.768. The van der Waals surface area contributed by atoms with Gasteiger partial charge >= 0.3 is 6.03 Å². The molecule has 3 atom stereocenters. The number of halogens is 2. The normalized spacial score (nSPS) is 22.2. The van der Waals surface area contributed by atoms with Crippen molar-refractivity contribution in [3.63, 3.8) is 0 Å². The average Bonchev–Trinajstić information content (AvgIpc) is 2.96. The average molecular weight is 344 g/mol. The van der Waals surface area contributed by atoms with Gasteiger partial charge in [0.1, 0.15) is 5.82 Å². The number of benzene rings is 1. The minimum atomic E-state index is -0.673. The molecule has 2 amide bonds. The fraction of sp³-hybridized carbons (Fsp3) is 0.562. The second-order valence-corrected chi connectivity index (χ2v) is 6.56. The number of hydrogen-bond acceptors (Lipinski definition) is 3. The van der Waals surface area contributed by atoms with Crippen molar-refractivity contribution in [1.82, 2.24) is 15.5 Å². The third-order valence-corrected chi connectivity index (χ3v) is 4.61. The van der Waals surface area contributed by atoms with Crippen LogP contribution < -0.4 is 10.6 Å². The maximum Gasteiger partial charge on any atom is 0.315 e. The molecule has 1 aliphatic carbocycles. The molecule has 0 bridgehead atoms. The fourth-order valence-electron chi connectivity index (χ4n) is 2.91. The van der Waals surface area contributed by atoms with E-state index < -0.39 is 11.9 Å². The number of urea groups is 1. The van der Waals surface area contributed by atoms with Crippen LogP contribution in [-0.2, 0) is 0 Å². The molecule has 0 radical (unpaired) electrons. The van der Waals surface area contributed by atoms with Crippen LogP contribution in [0.3, 0.4) is 0 Å². The van der Waals surface area contributed by atoms with E-state index in [2.05, 4.69) is 15.5 Å². The molecule has 3 N–H and O–H groups in total. The monoisotopic (exact) mass is 343 g/mol. The number of carbonyl (C=O) groups excluding carboxylic acids is 1. The lowest BCUT2D eigenvalue weighted by Crippen LogP contribution is -2.44. The van der Waals surface area contributed by atoms with Crippen molar-refractivity contribution in [3.8, 4) is 0 Å². The first-order valence-electron chi connectivity index (χ1n) is 7.70. The van der Waals surface area contributed by atoms with Crippen LogP contribution in [0.2, 0.25) is 5.02 Å². The molecule has 0 heterocycles. The summed E-state index contributed by atoms with van der Waals surface area (Å²) in [6.07, 6.45) is 2.87. The highest BCUT2D eigenvalue weighted by Gasteiger charge is 2.27. The van der Waals surface area contributed by atoms with E-state index in [4.69, 9.17) is 11.6 Å². The summed E-state index contributed by atoms with van der Waals surface area (Å²) in [6.45, 7) is -0.320. The second kappa shape index (κ2) is 7.95.